The van der Waals surface area contributed by atoms with Gasteiger partial charge in [0, 0.05) is 31.4 Å². The fourth-order valence-corrected chi connectivity index (χ4v) is 2.30. The molecule has 110 valence electrons. The summed E-state index contributed by atoms with van der Waals surface area (Å²) in [6, 6.07) is 3.29. The fraction of sp³-hybridized carbons (Fsp3) is 0.571. The summed E-state index contributed by atoms with van der Waals surface area (Å²) in [4.78, 5) is 18.3. The average molecular weight is 298 g/mol. The Kier molecular flexibility index (Phi) is 4.96. The Hall–Kier alpha value is -1.17. The average Bonchev–Trinajstić information content (AvgIpc) is 2.46. The molecule has 0 saturated carbocycles. The lowest BCUT2D eigenvalue weighted by Crippen LogP contribution is -2.55. The molecule has 0 atom stereocenters. The van der Waals surface area contributed by atoms with Gasteiger partial charge in [-0.2, -0.15) is 0 Å². The molecule has 1 N–H and O–H groups in total. The molecule has 5 nitrogen and oxygen atoms in total. The van der Waals surface area contributed by atoms with Crippen LogP contribution in [0.5, 0.6) is 0 Å². The summed E-state index contributed by atoms with van der Waals surface area (Å²) >= 11 is 5.71. The Bertz CT molecular complexity index is 456. The van der Waals surface area contributed by atoms with E-state index in [9.17, 15) is 4.79 Å². The number of hydrogen-bond donors (Lipinski definition) is 1. The molecule has 2 rings (SSSR count). The van der Waals surface area contributed by atoms with Gasteiger partial charge >= 0.3 is 0 Å². The third-order valence-electron chi connectivity index (χ3n) is 3.54. The molecule has 1 aromatic rings. The predicted octanol–water partition coefficient (Wildman–Crippen LogP) is 1.58. The van der Waals surface area contributed by atoms with Crippen molar-refractivity contribution in [3.63, 3.8) is 0 Å². The normalized spacial score (nSPS) is 16.9. The van der Waals surface area contributed by atoms with Crippen LogP contribution in [0, 0.1) is 0 Å². The van der Waals surface area contributed by atoms with E-state index in [2.05, 4.69) is 29.0 Å². The summed E-state index contributed by atoms with van der Waals surface area (Å²) < 4.78 is 5.35. The molecule has 6 heteroatoms. The van der Waals surface area contributed by atoms with Crippen LogP contribution in [-0.2, 0) is 4.74 Å². The Labute approximate surface area is 124 Å². The van der Waals surface area contributed by atoms with Gasteiger partial charge in [0.05, 0.1) is 18.8 Å². The minimum atomic E-state index is -0.129. The highest BCUT2D eigenvalue weighted by Crippen LogP contribution is 2.15. The Balaban J connectivity index is 1.90. The van der Waals surface area contributed by atoms with E-state index < -0.39 is 0 Å². The van der Waals surface area contributed by atoms with Gasteiger partial charge in [0.1, 0.15) is 5.15 Å². The minimum Gasteiger partial charge on any atom is -0.379 e. The van der Waals surface area contributed by atoms with E-state index in [0.717, 1.165) is 26.3 Å². The number of nitrogens with zero attached hydrogens (tertiary/aromatic N) is 2. The number of rotatable bonds is 4. The number of carbonyl (C=O) groups excluding carboxylic acids is 1. The molecule has 1 fully saturated rings. The van der Waals surface area contributed by atoms with E-state index in [-0.39, 0.29) is 11.4 Å². The first kappa shape index (κ1) is 15.2. The first-order valence-electron chi connectivity index (χ1n) is 6.71. The van der Waals surface area contributed by atoms with Crippen LogP contribution in [0.4, 0.5) is 0 Å². The second-order valence-electron chi connectivity index (χ2n) is 5.46. The summed E-state index contributed by atoms with van der Waals surface area (Å²) in [5, 5.41) is 3.34. The van der Waals surface area contributed by atoms with Crippen molar-refractivity contribution in [3.8, 4) is 0 Å². The van der Waals surface area contributed by atoms with Crippen LogP contribution in [0.15, 0.2) is 18.3 Å². The van der Waals surface area contributed by atoms with E-state index >= 15 is 0 Å². The SMILES string of the molecule is CC(C)(CNC(=O)c1ccc(Cl)nc1)N1CCOCC1. The molecule has 1 amide bonds. The molecule has 0 bridgehead atoms. The lowest BCUT2D eigenvalue weighted by atomic mass is 10.0. The Morgan fingerprint density at radius 1 is 1.45 bits per heavy atom. The van der Waals surface area contributed by atoms with Crippen molar-refractivity contribution in [1.29, 1.82) is 0 Å². The molecule has 0 spiro atoms. The molecule has 0 aromatic carbocycles. The van der Waals surface area contributed by atoms with Crippen LogP contribution in [0.1, 0.15) is 24.2 Å². The van der Waals surface area contributed by atoms with Crippen LogP contribution in [0.25, 0.3) is 0 Å². The molecule has 0 aliphatic carbocycles. The van der Waals surface area contributed by atoms with E-state index in [4.69, 9.17) is 16.3 Å². The number of aromatic nitrogens is 1. The van der Waals surface area contributed by atoms with Gasteiger partial charge in [0.2, 0.25) is 0 Å². The summed E-state index contributed by atoms with van der Waals surface area (Å²) in [5.74, 6) is -0.129. The third-order valence-corrected chi connectivity index (χ3v) is 3.76. The van der Waals surface area contributed by atoms with Gasteiger partial charge in [-0.25, -0.2) is 4.98 Å². The highest BCUT2D eigenvalue weighted by atomic mass is 35.5. The van der Waals surface area contributed by atoms with Crippen molar-refractivity contribution in [2.45, 2.75) is 19.4 Å². The number of amides is 1. The molecule has 1 aromatic heterocycles. The zero-order valence-electron chi connectivity index (χ0n) is 11.9. The van der Waals surface area contributed by atoms with Gasteiger partial charge in [-0.05, 0) is 26.0 Å². The van der Waals surface area contributed by atoms with Gasteiger partial charge in [-0.3, -0.25) is 9.69 Å². The molecular weight excluding hydrogens is 278 g/mol. The maximum absolute atomic E-state index is 12.0. The van der Waals surface area contributed by atoms with Crippen molar-refractivity contribution in [2.24, 2.45) is 0 Å². The van der Waals surface area contributed by atoms with Crippen LogP contribution >= 0.6 is 11.6 Å². The number of pyridine rings is 1. The smallest absolute Gasteiger partial charge is 0.252 e. The van der Waals surface area contributed by atoms with Gasteiger partial charge in [0.25, 0.3) is 5.91 Å². The second kappa shape index (κ2) is 6.52. The summed E-state index contributed by atoms with van der Waals surface area (Å²) in [6.07, 6.45) is 1.49. The van der Waals surface area contributed by atoms with Crippen LogP contribution in [-0.4, -0.2) is 54.2 Å². The van der Waals surface area contributed by atoms with Gasteiger partial charge in [0.15, 0.2) is 0 Å². The van der Waals surface area contributed by atoms with Crippen molar-refractivity contribution in [1.82, 2.24) is 15.2 Å². The number of halogens is 1. The minimum absolute atomic E-state index is 0.0979. The second-order valence-corrected chi connectivity index (χ2v) is 5.85. The number of hydrogen-bond acceptors (Lipinski definition) is 4. The van der Waals surface area contributed by atoms with E-state index in [1.54, 1.807) is 12.1 Å². The van der Waals surface area contributed by atoms with Crippen LogP contribution in [0.2, 0.25) is 5.15 Å². The van der Waals surface area contributed by atoms with Crippen molar-refractivity contribution >= 4 is 17.5 Å². The van der Waals surface area contributed by atoms with Gasteiger partial charge < -0.3 is 10.1 Å². The predicted molar refractivity (Wildman–Crippen MR) is 78.1 cm³/mol. The van der Waals surface area contributed by atoms with E-state index in [1.165, 1.54) is 6.20 Å². The topological polar surface area (TPSA) is 54.5 Å². The van der Waals surface area contributed by atoms with E-state index in [1.807, 2.05) is 0 Å². The summed E-state index contributed by atoms with van der Waals surface area (Å²) in [7, 11) is 0. The molecule has 0 radical (unpaired) electrons. The van der Waals surface area contributed by atoms with Gasteiger partial charge in [-0.1, -0.05) is 11.6 Å². The molecule has 0 unspecified atom stereocenters. The van der Waals surface area contributed by atoms with E-state index in [0.29, 0.717) is 17.3 Å². The number of carbonyl (C=O) groups is 1. The fourth-order valence-electron chi connectivity index (χ4n) is 2.19. The highest BCUT2D eigenvalue weighted by molar-refractivity contribution is 6.29. The van der Waals surface area contributed by atoms with Crippen LogP contribution < -0.4 is 5.32 Å². The molecule has 2 heterocycles. The van der Waals surface area contributed by atoms with Gasteiger partial charge in [-0.15, -0.1) is 0 Å². The standard InChI is InChI=1S/C14H20ClN3O2/c1-14(2,18-5-7-20-8-6-18)10-17-13(19)11-3-4-12(15)16-9-11/h3-4,9H,5-8,10H2,1-2H3,(H,17,19). The first-order valence-corrected chi connectivity index (χ1v) is 7.09. The molecule has 1 aliphatic heterocycles. The molecular formula is C14H20ClN3O2. The number of nitrogens with one attached hydrogen (secondary N) is 1. The first-order chi connectivity index (χ1) is 9.49. The lowest BCUT2D eigenvalue weighted by Gasteiger charge is -2.40. The largest absolute Gasteiger partial charge is 0.379 e. The van der Waals surface area contributed by atoms with Crippen molar-refractivity contribution in [2.75, 3.05) is 32.8 Å². The zero-order chi connectivity index (χ0) is 14.6. The summed E-state index contributed by atoms with van der Waals surface area (Å²) in [6.45, 7) is 8.11. The maximum Gasteiger partial charge on any atom is 0.252 e. The summed E-state index contributed by atoms with van der Waals surface area (Å²) in [5.41, 5.74) is 0.423. The lowest BCUT2D eigenvalue weighted by molar-refractivity contribution is -0.00923. The Morgan fingerprint density at radius 3 is 2.75 bits per heavy atom. The Morgan fingerprint density at radius 2 is 2.15 bits per heavy atom. The molecule has 20 heavy (non-hydrogen) atoms. The highest BCUT2D eigenvalue weighted by Gasteiger charge is 2.28. The van der Waals surface area contributed by atoms with Crippen molar-refractivity contribution in [3.05, 3.63) is 29.0 Å². The maximum atomic E-state index is 12.0. The zero-order valence-corrected chi connectivity index (χ0v) is 12.6. The number of ether oxygens (including phenoxy) is 1. The third kappa shape index (κ3) is 3.91. The quantitative estimate of drug-likeness (QED) is 0.857. The van der Waals surface area contributed by atoms with Crippen LogP contribution in [0.3, 0.4) is 0 Å². The monoisotopic (exact) mass is 297 g/mol. The molecule has 1 aliphatic rings. The number of morpholine rings is 1. The van der Waals surface area contributed by atoms with Crippen molar-refractivity contribution < 1.29 is 9.53 Å². The molecule has 1 saturated heterocycles.